The molecule has 1 aromatic heterocycles. The second-order valence-electron chi connectivity index (χ2n) is 5.63. The van der Waals surface area contributed by atoms with Crippen molar-refractivity contribution in [3.05, 3.63) is 22.4 Å². The average Bonchev–Trinajstić information content (AvgIpc) is 3.12. The van der Waals surface area contributed by atoms with Gasteiger partial charge in [0.15, 0.2) is 0 Å². The van der Waals surface area contributed by atoms with Gasteiger partial charge in [0.1, 0.15) is 0 Å². The smallest absolute Gasteiger partial charge is 0.236 e. The molecular formula is C15H25N3O2S. The fourth-order valence-corrected chi connectivity index (χ4v) is 3.32. The molecule has 0 aromatic carbocycles. The van der Waals surface area contributed by atoms with Gasteiger partial charge in [-0.25, -0.2) is 0 Å². The number of hydrogen-bond acceptors (Lipinski definition) is 5. The molecule has 5 nitrogen and oxygen atoms in total. The maximum Gasteiger partial charge on any atom is 0.236 e. The van der Waals surface area contributed by atoms with Crippen molar-refractivity contribution in [1.29, 1.82) is 0 Å². The number of nitrogens with zero attached hydrogens (tertiary/aromatic N) is 2. The summed E-state index contributed by atoms with van der Waals surface area (Å²) in [6, 6.07) is 2.49. The van der Waals surface area contributed by atoms with Crippen molar-refractivity contribution >= 4 is 17.2 Å². The zero-order chi connectivity index (χ0) is 15.1. The lowest BCUT2D eigenvalue weighted by Crippen LogP contribution is -2.44. The molecule has 0 aliphatic carbocycles. The van der Waals surface area contributed by atoms with E-state index in [-0.39, 0.29) is 12.5 Å². The number of rotatable bonds is 8. The Balaban J connectivity index is 1.81. The molecule has 1 amide bonds. The predicted molar refractivity (Wildman–Crippen MR) is 85.3 cm³/mol. The molecular weight excluding hydrogens is 286 g/mol. The zero-order valence-electron chi connectivity index (χ0n) is 12.6. The van der Waals surface area contributed by atoms with Gasteiger partial charge in [-0.05, 0) is 41.8 Å². The Morgan fingerprint density at radius 2 is 2.43 bits per heavy atom. The maximum atomic E-state index is 12.3. The lowest BCUT2D eigenvalue weighted by Gasteiger charge is -2.26. The minimum atomic E-state index is 0.0915. The van der Waals surface area contributed by atoms with Crippen LogP contribution in [-0.2, 0) is 11.3 Å². The molecule has 6 heteroatoms. The molecule has 0 bridgehead atoms. The number of thiophene rings is 1. The van der Waals surface area contributed by atoms with E-state index >= 15 is 0 Å². The van der Waals surface area contributed by atoms with E-state index in [2.05, 4.69) is 15.6 Å². The average molecular weight is 311 g/mol. The molecule has 1 aliphatic rings. The van der Waals surface area contributed by atoms with Crippen molar-refractivity contribution < 1.29 is 9.90 Å². The van der Waals surface area contributed by atoms with Gasteiger partial charge in [0.2, 0.25) is 5.91 Å². The Labute approximate surface area is 130 Å². The first kappa shape index (κ1) is 16.4. The minimum Gasteiger partial charge on any atom is -0.395 e. The highest BCUT2D eigenvalue weighted by molar-refractivity contribution is 7.07. The molecule has 0 radical (unpaired) electrons. The number of aliphatic hydroxyl groups is 1. The normalized spacial score (nSPS) is 18.3. The van der Waals surface area contributed by atoms with E-state index in [1.165, 1.54) is 12.0 Å². The molecule has 0 saturated carbocycles. The summed E-state index contributed by atoms with van der Waals surface area (Å²) < 4.78 is 0. The lowest BCUT2D eigenvalue weighted by molar-refractivity contribution is -0.131. The van der Waals surface area contributed by atoms with Gasteiger partial charge in [0.05, 0.1) is 13.2 Å². The van der Waals surface area contributed by atoms with Gasteiger partial charge < -0.3 is 15.3 Å². The Morgan fingerprint density at radius 3 is 3.05 bits per heavy atom. The van der Waals surface area contributed by atoms with Crippen LogP contribution >= 0.6 is 11.3 Å². The number of nitrogens with one attached hydrogen (secondary N) is 1. The first-order valence-corrected chi connectivity index (χ1v) is 8.45. The summed E-state index contributed by atoms with van der Waals surface area (Å²) in [6.45, 7) is 3.56. The van der Waals surface area contributed by atoms with Crippen LogP contribution < -0.4 is 5.32 Å². The summed E-state index contributed by atoms with van der Waals surface area (Å²) in [4.78, 5) is 16.1. The van der Waals surface area contributed by atoms with E-state index in [0.717, 1.165) is 19.5 Å². The molecule has 0 spiro atoms. The molecule has 21 heavy (non-hydrogen) atoms. The number of carbonyl (C=O) groups is 1. The SMILES string of the molecule is CN(Cc1ccsc1)C(=O)CN(CCO)CC1CCCN1. The maximum absolute atomic E-state index is 12.3. The van der Waals surface area contributed by atoms with Crippen LogP contribution in [0.15, 0.2) is 16.8 Å². The van der Waals surface area contributed by atoms with Gasteiger partial charge in [0, 0.05) is 32.7 Å². The minimum absolute atomic E-state index is 0.0915. The van der Waals surface area contributed by atoms with Crippen LogP contribution in [0, 0.1) is 0 Å². The molecule has 1 fully saturated rings. The van der Waals surface area contributed by atoms with Crippen LogP contribution in [0.3, 0.4) is 0 Å². The van der Waals surface area contributed by atoms with Crippen LogP contribution in [0.25, 0.3) is 0 Å². The quantitative estimate of drug-likeness (QED) is 0.744. The molecule has 2 rings (SSSR count). The Kier molecular flexibility index (Phi) is 6.63. The number of aliphatic hydroxyl groups excluding tert-OH is 1. The Bertz CT molecular complexity index is 419. The van der Waals surface area contributed by atoms with Crippen LogP contribution in [0.4, 0.5) is 0 Å². The third-order valence-corrected chi connectivity index (χ3v) is 4.57. The number of amides is 1. The topological polar surface area (TPSA) is 55.8 Å². The van der Waals surface area contributed by atoms with Crippen molar-refractivity contribution in [2.75, 3.05) is 39.8 Å². The largest absolute Gasteiger partial charge is 0.395 e. The van der Waals surface area contributed by atoms with E-state index in [1.807, 2.05) is 18.5 Å². The van der Waals surface area contributed by atoms with Crippen molar-refractivity contribution in [3.63, 3.8) is 0 Å². The standard InChI is InChI=1S/C15H25N3O2S/c1-17(9-13-4-8-21-12-13)15(20)11-18(6-7-19)10-14-3-2-5-16-14/h4,8,12,14,16,19H,2-3,5-7,9-11H2,1H3. The second kappa shape index (κ2) is 8.48. The molecule has 118 valence electrons. The van der Waals surface area contributed by atoms with E-state index in [9.17, 15) is 9.90 Å². The summed E-state index contributed by atoms with van der Waals surface area (Å²) in [5.74, 6) is 0.104. The number of likely N-dealkylation sites (N-methyl/N-ethyl adjacent to an activating group) is 1. The third kappa shape index (κ3) is 5.39. The van der Waals surface area contributed by atoms with E-state index in [4.69, 9.17) is 0 Å². The summed E-state index contributed by atoms with van der Waals surface area (Å²) in [5, 5.41) is 16.7. The van der Waals surface area contributed by atoms with Crippen LogP contribution in [0.5, 0.6) is 0 Å². The number of hydrogen-bond donors (Lipinski definition) is 2. The highest BCUT2D eigenvalue weighted by atomic mass is 32.1. The summed E-state index contributed by atoms with van der Waals surface area (Å²) in [6.07, 6.45) is 2.35. The summed E-state index contributed by atoms with van der Waals surface area (Å²) >= 11 is 1.65. The van der Waals surface area contributed by atoms with E-state index in [1.54, 1.807) is 16.2 Å². The fraction of sp³-hybridized carbons (Fsp3) is 0.667. The van der Waals surface area contributed by atoms with Gasteiger partial charge >= 0.3 is 0 Å². The van der Waals surface area contributed by atoms with Crippen molar-refractivity contribution in [1.82, 2.24) is 15.1 Å². The van der Waals surface area contributed by atoms with Gasteiger partial charge in [-0.15, -0.1) is 0 Å². The summed E-state index contributed by atoms with van der Waals surface area (Å²) in [7, 11) is 1.84. The van der Waals surface area contributed by atoms with E-state index in [0.29, 0.717) is 25.7 Å². The number of carbonyl (C=O) groups excluding carboxylic acids is 1. The van der Waals surface area contributed by atoms with Gasteiger partial charge in [-0.1, -0.05) is 0 Å². The fourth-order valence-electron chi connectivity index (χ4n) is 2.66. The van der Waals surface area contributed by atoms with E-state index < -0.39 is 0 Å². The molecule has 1 unspecified atom stereocenters. The van der Waals surface area contributed by atoms with Gasteiger partial charge in [0.25, 0.3) is 0 Å². The monoisotopic (exact) mass is 311 g/mol. The van der Waals surface area contributed by atoms with Crippen LogP contribution in [0.1, 0.15) is 18.4 Å². The Morgan fingerprint density at radius 1 is 1.57 bits per heavy atom. The van der Waals surface area contributed by atoms with Crippen LogP contribution in [-0.4, -0.2) is 66.7 Å². The molecule has 1 aromatic rings. The highest BCUT2D eigenvalue weighted by Gasteiger charge is 2.20. The van der Waals surface area contributed by atoms with Crippen LogP contribution in [0.2, 0.25) is 0 Å². The first-order valence-electron chi connectivity index (χ1n) is 7.50. The summed E-state index contributed by atoms with van der Waals surface area (Å²) in [5.41, 5.74) is 1.17. The molecule has 2 N–H and O–H groups in total. The zero-order valence-corrected chi connectivity index (χ0v) is 13.4. The lowest BCUT2D eigenvalue weighted by atomic mass is 10.2. The highest BCUT2D eigenvalue weighted by Crippen LogP contribution is 2.10. The Hall–Kier alpha value is -0.950. The predicted octanol–water partition coefficient (Wildman–Crippen LogP) is 0.753. The second-order valence-corrected chi connectivity index (χ2v) is 6.41. The third-order valence-electron chi connectivity index (χ3n) is 3.84. The van der Waals surface area contributed by atoms with Gasteiger partial charge in [-0.3, -0.25) is 9.69 Å². The molecule has 1 atom stereocenters. The van der Waals surface area contributed by atoms with Crippen molar-refractivity contribution in [3.8, 4) is 0 Å². The molecule has 1 aliphatic heterocycles. The van der Waals surface area contributed by atoms with Crippen molar-refractivity contribution in [2.24, 2.45) is 0 Å². The molecule has 2 heterocycles. The molecule has 1 saturated heterocycles. The van der Waals surface area contributed by atoms with Crippen molar-refractivity contribution in [2.45, 2.75) is 25.4 Å². The van der Waals surface area contributed by atoms with Gasteiger partial charge in [-0.2, -0.15) is 11.3 Å². The first-order chi connectivity index (χ1) is 10.2.